The Bertz CT molecular complexity index is 878. The zero-order valence-corrected chi connectivity index (χ0v) is 12.7. The monoisotopic (exact) mass is 300 g/mol. The Morgan fingerprint density at radius 2 is 1.67 bits per heavy atom. The fourth-order valence-corrected chi connectivity index (χ4v) is 3.56. The first-order chi connectivity index (χ1) is 10.00. The van der Waals surface area contributed by atoms with Crippen LogP contribution in [0.3, 0.4) is 0 Å². The third-order valence-electron chi connectivity index (χ3n) is 3.52. The zero-order chi connectivity index (χ0) is 15.0. The van der Waals surface area contributed by atoms with Crippen LogP contribution in [0.2, 0.25) is 0 Å². The van der Waals surface area contributed by atoms with Gasteiger partial charge in [-0.2, -0.15) is 0 Å². The first-order valence-electron chi connectivity index (χ1n) is 6.78. The molecular weight excluding hydrogens is 284 g/mol. The minimum Gasteiger partial charge on any atom is -0.236 e. The molecule has 21 heavy (non-hydrogen) atoms. The predicted molar refractivity (Wildman–Crippen MR) is 82.8 cm³/mol. The summed E-state index contributed by atoms with van der Waals surface area (Å²) < 4.78 is 26.7. The highest BCUT2D eigenvalue weighted by molar-refractivity contribution is 7.90. The van der Waals surface area contributed by atoms with Crippen LogP contribution in [0, 0.1) is 0 Å². The molecule has 0 bridgehead atoms. The quantitative estimate of drug-likeness (QED) is 0.745. The first-order valence-corrected chi connectivity index (χ1v) is 8.22. The van der Waals surface area contributed by atoms with Gasteiger partial charge in [0, 0.05) is 0 Å². The van der Waals surface area contributed by atoms with Crippen LogP contribution in [0.5, 0.6) is 0 Å². The number of aromatic nitrogens is 2. The third kappa shape index (κ3) is 2.34. The van der Waals surface area contributed by atoms with Crippen LogP contribution in [0.1, 0.15) is 25.3 Å². The van der Waals surface area contributed by atoms with Gasteiger partial charge in [-0.3, -0.25) is 0 Å². The van der Waals surface area contributed by atoms with Crippen molar-refractivity contribution in [2.75, 3.05) is 0 Å². The molecule has 1 heterocycles. The summed E-state index contributed by atoms with van der Waals surface area (Å²) in [5.41, 5.74) is 2.37. The normalized spacial score (nSPS) is 12.1. The standard InChI is InChI=1S/C16H16N2O2S/c1-12(2)13-7-9-14(10-8-13)21(19,20)18-11-17-15-5-3-4-6-16(15)18/h3-12H,1-2H3. The number of hydrogen-bond donors (Lipinski definition) is 0. The van der Waals surface area contributed by atoms with E-state index in [1.54, 1.807) is 30.3 Å². The number of benzene rings is 2. The van der Waals surface area contributed by atoms with Crippen molar-refractivity contribution in [1.82, 2.24) is 8.96 Å². The second-order valence-corrected chi connectivity index (χ2v) is 7.07. The Kier molecular flexibility index (Phi) is 3.29. The summed E-state index contributed by atoms with van der Waals surface area (Å²) in [6.45, 7) is 4.15. The summed E-state index contributed by atoms with van der Waals surface area (Å²) in [6, 6.07) is 14.2. The van der Waals surface area contributed by atoms with E-state index >= 15 is 0 Å². The van der Waals surface area contributed by atoms with E-state index in [2.05, 4.69) is 18.8 Å². The lowest BCUT2D eigenvalue weighted by Gasteiger charge is -2.09. The van der Waals surface area contributed by atoms with Crippen LogP contribution in [0.25, 0.3) is 11.0 Å². The number of para-hydroxylation sites is 2. The number of rotatable bonds is 3. The highest BCUT2D eigenvalue weighted by Crippen LogP contribution is 2.22. The minimum absolute atomic E-state index is 0.273. The van der Waals surface area contributed by atoms with Gasteiger partial charge in [-0.15, -0.1) is 0 Å². The van der Waals surface area contributed by atoms with Crippen molar-refractivity contribution in [3.63, 3.8) is 0 Å². The lowest BCUT2D eigenvalue weighted by atomic mass is 10.0. The Hall–Kier alpha value is -2.14. The Morgan fingerprint density at radius 3 is 2.33 bits per heavy atom. The zero-order valence-electron chi connectivity index (χ0n) is 11.9. The molecule has 2 aromatic carbocycles. The SMILES string of the molecule is CC(C)c1ccc(S(=O)(=O)n2cnc3ccccc32)cc1. The molecular formula is C16H16N2O2S. The van der Waals surface area contributed by atoms with Crippen molar-refractivity contribution in [3.8, 4) is 0 Å². The van der Waals surface area contributed by atoms with E-state index in [0.29, 0.717) is 17.0 Å². The topological polar surface area (TPSA) is 52.0 Å². The molecule has 0 aliphatic carbocycles. The van der Waals surface area contributed by atoms with Crippen molar-refractivity contribution in [2.45, 2.75) is 24.7 Å². The van der Waals surface area contributed by atoms with Gasteiger partial charge in [0.05, 0.1) is 15.9 Å². The summed E-state index contributed by atoms with van der Waals surface area (Å²) in [5.74, 6) is 0.371. The van der Waals surface area contributed by atoms with Gasteiger partial charge < -0.3 is 0 Å². The smallest absolute Gasteiger partial charge is 0.236 e. The van der Waals surface area contributed by atoms with E-state index in [0.717, 1.165) is 5.56 Å². The molecule has 0 atom stereocenters. The molecule has 0 N–H and O–H groups in total. The Morgan fingerprint density at radius 1 is 1.00 bits per heavy atom. The van der Waals surface area contributed by atoms with E-state index in [1.165, 1.54) is 10.3 Å². The number of hydrogen-bond acceptors (Lipinski definition) is 3. The van der Waals surface area contributed by atoms with Crippen molar-refractivity contribution >= 4 is 21.1 Å². The summed E-state index contributed by atoms with van der Waals surface area (Å²) >= 11 is 0. The first kappa shape index (κ1) is 13.8. The van der Waals surface area contributed by atoms with E-state index in [1.807, 2.05) is 18.2 Å². The van der Waals surface area contributed by atoms with Crippen LogP contribution in [0.4, 0.5) is 0 Å². The molecule has 108 valence electrons. The molecule has 0 saturated heterocycles. The Labute approximate surface area is 124 Å². The second-order valence-electron chi connectivity index (χ2n) is 5.26. The van der Waals surface area contributed by atoms with Gasteiger partial charge >= 0.3 is 0 Å². The maximum Gasteiger partial charge on any atom is 0.269 e. The lowest BCUT2D eigenvalue weighted by molar-refractivity contribution is 0.588. The maximum atomic E-state index is 12.7. The molecule has 1 aromatic heterocycles. The number of fused-ring (bicyclic) bond motifs is 1. The van der Waals surface area contributed by atoms with E-state index in [4.69, 9.17) is 0 Å². The molecule has 0 saturated carbocycles. The highest BCUT2D eigenvalue weighted by atomic mass is 32.2. The van der Waals surface area contributed by atoms with Crippen LogP contribution in [-0.4, -0.2) is 17.4 Å². The maximum absolute atomic E-state index is 12.7. The largest absolute Gasteiger partial charge is 0.269 e. The summed E-state index contributed by atoms with van der Waals surface area (Å²) in [7, 11) is -3.61. The van der Waals surface area contributed by atoms with Gasteiger partial charge in [-0.1, -0.05) is 38.1 Å². The minimum atomic E-state index is -3.61. The second kappa shape index (κ2) is 5.00. The fourth-order valence-electron chi connectivity index (χ4n) is 2.27. The highest BCUT2D eigenvalue weighted by Gasteiger charge is 2.19. The van der Waals surface area contributed by atoms with Crippen LogP contribution >= 0.6 is 0 Å². The van der Waals surface area contributed by atoms with Gasteiger partial charge in [0.25, 0.3) is 10.0 Å². The van der Waals surface area contributed by atoms with Gasteiger partial charge in [-0.05, 0) is 35.7 Å². The van der Waals surface area contributed by atoms with Crippen molar-refractivity contribution in [2.24, 2.45) is 0 Å². The molecule has 0 aliphatic rings. The average molecular weight is 300 g/mol. The molecule has 0 aliphatic heterocycles. The number of nitrogens with zero attached hydrogens (tertiary/aromatic N) is 2. The van der Waals surface area contributed by atoms with E-state index in [9.17, 15) is 8.42 Å². The molecule has 3 aromatic rings. The Balaban J connectivity index is 2.12. The van der Waals surface area contributed by atoms with Gasteiger partial charge in [0.1, 0.15) is 6.33 Å². The van der Waals surface area contributed by atoms with E-state index < -0.39 is 10.0 Å². The molecule has 0 spiro atoms. The molecule has 4 nitrogen and oxygen atoms in total. The number of imidazole rings is 1. The van der Waals surface area contributed by atoms with Crippen LogP contribution in [0.15, 0.2) is 59.8 Å². The van der Waals surface area contributed by atoms with Crippen molar-refractivity contribution in [3.05, 3.63) is 60.4 Å². The van der Waals surface area contributed by atoms with Crippen molar-refractivity contribution in [1.29, 1.82) is 0 Å². The van der Waals surface area contributed by atoms with Crippen LogP contribution in [-0.2, 0) is 10.0 Å². The molecule has 0 radical (unpaired) electrons. The summed E-state index contributed by atoms with van der Waals surface area (Å²) in [4.78, 5) is 4.41. The van der Waals surface area contributed by atoms with E-state index in [-0.39, 0.29) is 4.90 Å². The van der Waals surface area contributed by atoms with Crippen molar-refractivity contribution < 1.29 is 8.42 Å². The molecule has 0 fully saturated rings. The summed E-state index contributed by atoms with van der Waals surface area (Å²) in [5, 5.41) is 0. The van der Waals surface area contributed by atoms with Gasteiger partial charge in [0.15, 0.2) is 0 Å². The fraction of sp³-hybridized carbons (Fsp3) is 0.188. The van der Waals surface area contributed by atoms with Crippen LogP contribution < -0.4 is 0 Å². The lowest BCUT2D eigenvalue weighted by Crippen LogP contribution is -2.11. The van der Waals surface area contributed by atoms with Gasteiger partial charge in [0.2, 0.25) is 0 Å². The van der Waals surface area contributed by atoms with Gasteiger partial charge in [-0.25, -0.2) is 17.4 Å². The molecule has 0 amide bonds. The predicted octanol–water partition coefficient (Wildman–Crippen LogP) is 3.40. The molecule has 3 rings (SSSR count). The third-order valence-corrected chi connectivity index (χ3v) is 5.20. The molecule has 0 unspecified atom stereocenters. The summed E-state index contributed by atoms with van der Waals surface area (Å²) in [6.07, 6.45) is 1.36. The molecule has 5 heteroatoms. The average Bonchev–Trinajstić information content (AvgIpc) is 2.92.